The van der Waals surface area contributed by atoms with E-state index in [1.807, 2.05) is 0 Å². The molecule has 0 N–H and O–H groups in total. The third-order valence-electron chi connectivity index (χ3n) is 5.09. The summed E-state index contributed by atoms with van der Waals surface area (Å²) in [5.74, 6) is -0.793. The molecule has 0 radical (unpaired) electrons. The van der Waals surface area contributed by atoms with E-state index in [1.165, 1.54) is 0 Å². The molecule has 2 aliphatic heterocycles. The van der Waals surface area contributed by atoms with Crippen LogP contribution in [0.15, 0.2) is 0 Å². The fourth-order valence-electron chi connectivity index (χ4n) is 3.77. The zero-order chi connectivity index (χ0) is 15.0. The van der Waals surface area contributed by atoms with Crippen LogP contribution in [0.25, 0.3) is 0 Å². The topological polar surface area (TPSA) is 66.9 Å². The molecule has 0 aromatic rings. The number of esters is 1. The van der Waals surface area contributed by atoms with E-state index in [9.17, 15) is 14.4 Å². The second-order valence-electron chi connectivity index (χ2n) is 6.43. The Bertz CT molecular complexity index is 470. The van der Waals surface area contributed by atoms with Crippen LogP contribution in [0.3, 0.4) is 0 Å². The number of hydrogen-bond acceptors (Lipinski definition) is 4. The molecule has 1 atom stereocenters. The van der Waals surface area contributed by atoms with Crippen molar-refractivity contribution in [2.75, 3.05) is 26.7 Å². The molecule has 1 aliphatic carbocycles. The highest BCUT2D eigenvalue weighted by molar-refractivity contribution is 5.91. The fourth-order valence-corrected chi connectivity index (χ4v) is 3.77. The lowest BCUT2D eigenvalue weighted by molar-refractivity contribution is -0.158. The second-order valence-corrected chi connectivity index (χ2v) is 6.43. The van der Waals surface area contributed by atoms with Gasteiger partial charge in [-0.2, -0.15) is 0 Å². The van der Waals surface area contributed by atoms with Crippen LogP contribution in [-0.4, -0.2) is 59.9 Å². The smallest absolute Gasteiger partial charge is 0.307 e. The quantitative estimate of drug-likeness (QED) is 0.663. The summed E-state index contributed by atoms with van der Waals surface area (Å²) in [6, 6.07) is 0. The zero-order valence-corrected chi connectivity index (χ0v) is 12.5. The molecule has 116 valence electrons. The lowest BCUT2D eigenvalue weighted by Gasteiger charge is -2.39. The van der Waals surface area contributed by atoms with Crippen LogP contribution >= 0.6 is 0 Å². The molecule has 2 saturated heterocycles. The first-order valence-electron chi connectivity index (χ1n) is 7.76. The standard InChI is InChI=1S/C15H22N2O4/c1-16-7-8-17(10-12(16)18)14(20)11-9-13(19)21-15(11)5-3-2-4-6-15/h11H,2-10H2,1H3/t11-/m0/s1. The molecule has 2 heterocycles. The van der Waals surface area contributed by atoms with Gasteiger partial charge in [0.1, 0.15) is 5.60 Å². The van der Waals surface area contributed by atoms with E-state index >= 15 is 0 Å². The van der Waals surface area contributed by atoms with Gasteiger partial charge < -0.3 is 14.5 Å². The maximum Gasteiger partial charge on any atom is 0.307 e. The molecular weight excluding hydrogens is 272 g/mol. The van der Waals surface area contributed by atoms with Crippen molar-refractivity contribution in [3.63, 3.8) is 0 Å². The van der Waals surface area contributed by atoms with E-state index in [0.717, 1.165) is 32.1 Å². The molecule has 3 rings (SSSR count). The Hall–Kier alpha value is -1.59. The number of piperazine rings is 1. The van der Waals surface area contributed by atoms with Crippen molar-refractivity contribution in [3.05, 3.63) is 0 Å². The highest BCUT2D eigenvalue weighted by Crippen LogP contribution is 2.44. The van der Waals surface area contributed by atoms with Crippen LogP contribution in [0.4, 0.5) is 0 Å². The van der Waals surface area contributed by atoms with Gasteiger partial charge in [0.2, 0.25) is 11.8 Å². The van der Waals surface area contributed by atoms with Gasteiger partial charge >= 0.3 is 5.97 Å². The van der Waals surface area contributed by atoms with Gasteiger partial charge in [-0.3, -0.25) is 14.4 Å². The Labute approximate surface area is 124 Å². The number of hydrogen-bond donors (Lipinski definition) is 0. The lowest BCUT2D eigenvalue weighted by Crippen LogP contribution is -2.55. The summed E-state index contributed by atoms with van der Waals surface area (Å²) < 4.78 is 5.58. The predicted octanol–water partition coefficient (Wildman–Crippen LogP) is 0.553. The van der Waals surface area contributed by atoms with Crippen molar-refractivity contribution in [1.29, 1.82) is 0 Å². The Kier molecular flexibility index (Phi) is 3.63. The van der Waals surface area contributed by atoms with E-state index in [2.05, 4.69) is 0 Å². The predicted molar refractivity (Wildman–Crippen MR) is 74.2 cm³/mol. The first-order valence-corrected chi connectivity index (χ1v) is 7.76. The molecule has 1 spiro atoms. The Morgan fingerprint density at radius 1 is 1.19 bits per heavy atom. The van der Waals surface area contributed by atoms with E-state index in [4.69, 9.17) is 4.74 Å². The molecular formula is C15H22N2O4. The number of rotatable bonds is 1. The highest BCUT2D eigenvalue weighted by atomic mass is 16.6. The van der Waals surface area contributed by atoms with Crippen molar-refractivity contribution in [2.24, 2.45) is 5.92 Å². The molecule has 6 nitrogen and oxygen atoms in total. The molecule has 2 amide bonds. The molecule has 6 heteroatoms. The van der Waals surface area contributed by atoms with Gasteiger partial charge in [0.05, 0.1) is 18.9 Å². The molecule has 3 aliphatic rings. The lowest BCUT2D eigenvalue weighted by atomic mass is 9.75. The van der Waals surface area contributed by atoms with Crippen LogP contribution in [0, 0.1) is 5.92 Å². The molecule has 0 aromatic heterocycles. The van der Waals surface area contributed by atoms with Gasteiger partial charge in [0.25, 0.3) is 0 Å². The second kappa shape index (κ2) is 5.31. The van der Waals surface area contributed by atoms with Crippen LogP contribution in [-0.2, 0) is 19.1 Å². The van der Waals surface area contributed by atoms with Crippen LogP contribution in [0.5, 0.6) is 0 Å². The summed E-state index contributed by atoms with van der Waals surface area (Å²) in [4.78, 5) is 39.6. The van der Waals surface area contributed by atoms with Crippen molar-refractivity contribution >= 4 is 17.8 Å². The minimum atomic E-state index is -0.598. The molecule has 3 fully saturated rings. The fraction of sp³-hybridized carbons (Fsp3) is 0.800. The van der Waals surface area contributed by atoms with Gasteiger partial charge in [0, 0.05) is 20.1 Å². The summed E-state index contributed by atoms with van der Waals surface area (Å²) >= 11 is 0. The van der Waals surface area contributed by atoms with Crippen LogP contribution in [0.1, 0.15) is 38.5 Å². The minimum absolute atomic E-state index is 0.0439. The molecule has 0 bridgehead atoms. The van der Waals surface area contributed by atoms with Crippen LogP contribution in [0.2, 0.25) is 0 Å². The van der Waals surface area contributed by atoms with Gasteiger partial charge in [-0.25, -0.2) is 0 Å². The van der Waals surface area contributed by atoms with Crippen LogP contribution < -0.4 is 0 Å². The first-order chi connectivity index (χ1) is 10.0. The van der Waals surface area contributed by atoms with E-state index in [-0.39, 0.29) is 30.7 Å². The third-order valence-corrected chi connectivity index (χ3v) is 5.09. The average molecular weight is 294 g/mol. The van der Waals surface area contributed by atoms with E-state index in [0.29, 0.717) is 13.1 Å². The van der Waals surface area contributed by atoms with Crippen molar-refractivity contribution in [3.8, 4) is 0 Å². The summed E-state index contributed by atoms with van der Waals surface area (Å²) in [7, 11) is 1.75. The van der Waals surface area contributed by atoms with Gasteiger partial charge in [-0.05, 0) is 25.7 Å². The highest BCUT2D eigenvalue weighted by Gasteiger charge is 2.54. The first kappa shape index (κ1) is 14.4. The molecule has 0 aromatic carbocycles. The number of amides is 2. The van der Waals surface area contributed by atoms with Crippen molar-refractivity contribution in [2.45, 2.75) is 44.1 Å². The zero-order valence-electron chi connectivity index (χ0n) is 12.5. The number of ether oxygens (including phenoxy) is 1. The number of nitrogens with zero attached hydrogens (tertiary/aromatic N) is 2. The van der Waals surface area contributed by atoms with Gasteiger partial charge in [-0.15, -0.1) is 0 Å². The number of carbonyl (C=O) groups excluding carboxylic acids is 3. The molecule has 21 heavy (non-hydrogen) atoms. The maximum atomic E-state index is 12.8. The largest absolute Gasteiger partial charge is 0.458 e. The maximum absolute atomic E-state index is 12.8. The van der Waals surface area contributed by atoms with Gasteiger partial charge in [-0.1, -0.05) is 6.42 Å². The summed E-state index contributed by atoms with van der Waals surface area (Å²) in [5, 5.41) is 0. The van der Waals surface area contributed by atoms with Gasteiger partial charge in [0.15, 0.2) is 0 Å². The Balaban J connectivity index is 1.76. The molecule has 1 saturated carbocycles. The molecule has 0 unspecified atom stereocenters. The third kappa shape index (κ3) is 2.51. The van der Waals surface area contributed by atoms with Crippen molar-refractivity contribution in [1.82, 2.24) is 9.80 Å². The number of likely N-dealkylation sites (N-methyl/N-ethyl adjacent to an activating group) is 1. The Morgan fingerprint density at radius 2 is 1.90 bits per heavy atom. The Morgan fingerprint density at radius 3 is 2.57 bits per heavy atom. The average Bonchev–Trinajstić information content (AvgIpc) is 2.78. The summed E-state index contributed by atoms with van der Waals surface area (Å²) in [6.07, 6.45) is 4.84. The SMILES string of the molecule is CN1CCN(C(=O)[C@@H]2CC(=O)OC23CCCCC3)CC1=O. The van der Waals surface area contributed by atoms with Crippen molar-refractivity contribution < 1.29 is 19.1 Å². The minimum Gasteiger partial charge on any atom is -0.458 e. The summed E-state index contributed by atoms with van der Waals surface area (Å²) in [5.41, 5.74) is -0.598. The number of carbonyl (C=O) groups is 3. The van der Waals surface area contributed by atoms with E-state index < -0.39 is 11.5 Å². The van der Waals surface area contributed by atoms with E-state index in [1.54, 1.807) is 16.8 Å². The normalized spacial score (nSPS) is 28.9. The summed E-state index contributed by atoms with van der Waals surface area (Å²) in [6.45, 7) is 1.22. The monoisotopic (exact) mass is 294 g/mol.